The maximum Gasteiger partial charge on any atom is 0.0742 e. The second kappa shape index (κ2) is 8.20. The standard InChI is InChI=1S/C31H22IN/c32-27-19-9-12-22-30(27)33-28-20-10-7-17-25(28)31(23-13-3-1-4-14-23,24-15-5-2-6-16-24)26-18-8-11-21-29(26)33/h1-22H. The molecule has 6 rings (SSSR count). The average Bonchev–Trinajstić information content (AvgIpc) is 2.89. The van der Waals surface area contributed by atoms with Gasteiger partial charge in [-0.05, 0) is 69.1 Å². The van der Waals surface area contributed by atoms with Gasteiger partial charge < -0.3 is 4.90 Å². The Morgan fingerprint density at radius 2 is 0.818 bits per heavy atom. The number of hydrogen-bond donors (Lipinski definition) is 0. The Hall–Kier alpha value is -3.37. The summed E-state index contributed by atoms with van der Waals surface area (Å²) in [5, 5.41) is 0. The fraction of sp³-hybridized carbons (Fsp3) is 0.0323. The summed E-state index contributed by atoms with van der Waals surface area (Å²) in [4.78, 5) is 2.43. The molecule has 2 heteroatoms. The number of benzene rings is 5. The second-order valence-electron chi connectivity index (χ2n) is 8.30. The van der Waals surface area contributed by atoms with E-state index in [1.807, 2.05) is 0 Å². The average molecular weight is 535 g/mol. The summed E-state index contributed by atoms with van der Waals surface area (Å²) in [7, 11) is 0. The van der Waals surface area contributed by atoms with Crippen LogP contribution in [-0.2, 0) is 5.41 Å². The van der Waals surface area contributed by atoms with Gasteiger partial charge in [0, 0.05) is 3.57 Å². The molecule has 0 unspecified atom stereocenters. The van der Waals surface area contributed by atoms with Crippen LogP contribution in [-0.4, -0.2) is 0 Å². The van der Waals surface area contributed by atoms with Crippen LogP contribution in [0, 0.1) is 3.57 Å². The summed E-state index contributed by atoms with van der Waals surface area (Å²) in [6, 6.07) is 48.2. The lowest BCUT2D eigenvalue weighted by Gasteiger charge is -2.46. The molecule has 0 radical (unpaired) electrons. The van der Waals surface area contributed by atoms with Crippen molar-refractivity contribution < 1.29 is 0 Å². The van der Waals surface area contributed by atoms with Crippen molar-refractivity contribution in [3.05, 3.63) is 159 Å². The van der Waals surface area contributed by atoms with Gasteiger partial charge in [-0.1, -0.05) is 109 Å². The molecule has 0 spiro atoms. The van der Waals surface area contributed by atoms with Crippen LogP contribution in [0.5, 0.6) is 0 Å². The SMILES string of the molecule is Ic1ccccc1N1c2ccccc2C(c2ccccc2)(c2ccccc2)c2ccccc21. The molecule has 5 aromatic rings. The number of nitrogens with zero attached hydrogens (tertiary/aromatic N) is 1. The van der Waals surface area contributed by atoms with Crippen LogP contribution in [0.2, 0.25) is 0 Å². The van der Waals surface area contributed by atoms with Crippen molar-refractivity contribution in [1.82, 2.24) is 0 Å². The molecule has 1 heterocycles. The summed E-state index contributed by atoms with van der Waals surface area (Å²) in [6.45, 7) is 0. The van der Waals surface area contributed by atoms with E-state index in [1.54, 1.807) is 0 Å². The molecule has 0 aliphatic carbocycles. The fourth-order valence-electron chi connectivity index (χ4n) is 5.30. The van der Waals surface area contributed by atoms with Gasteiger partial charge in [0.1, 0.15) is 0 Å². The normalized spacial score (nSPS) is 13.8. The smallest absolute Gasteiger partial charge is 0.0742 e. The van der Waals surface area contributed by atoms with Crippen molar-refractivity contribution in [3.63, 3.8) is 0 Å². The van der Waals surface area contributed by atoms with E-state index in [2.05, 4.69) is 161 Å². The number of halogens is 1. The minimum Gasteiger partial charge on any atom is -0.309 e. The third-order valence-electron chi connectivity index (χ3n) is 6.60. The first-order valence-corrected chi connectivity index (χ1v) is 12.2. The zero-order chi connectivity index (χ0) is 22.3. The first-order valence-electron chi connectivity index (χ1n) is 11.2. The third kappa shape index (κ3) is 3.05. The van der Waals surface area contributed by atoms with Crippen LogP contribution >= 0.6 is 22.6 Å². The lowest BCUT2D eigenvalue weighted by atomic mass is 9.62. The summed E-state index contributed by atoms with van der Waals surface area (Å²) >= 11 is 2.45. The summed E-state index contributed by atoms with van der Waals surface area (Å²) < 4.78 is 1.23. The van der Waals surface area contributed by atoms with E-state index in [0.29, 0.717) is 0 Å². The molecule has 5 aromatic carbocycles. The van der Waals surface area contributed by atoms with Crippen LogP contribution in [0.3, 0.4) is 0 Å². The van der Waals surface area contributed by atoms with Gasteiger partial charge in [0.15, 0.2) is 0 Å². The first-order chi connectivity index (χ1) is 16.3. The van der Waals surface area contributed by atoms with Crippen LogP contribution in [0.4, 0.5) is 17.1 Å². The van der Waals surface area contributed by atoms with Gasteiger partial charge in [0.05, 0.1) is 22.5 Å². The summed E-state index contributed by atoms with van der Waals surface area (Å²) in [6.07, 6.45) is 0. The van der Waals surface area contributed by atoms with E-state index in [4.69, 9.17) is 0 Å². The number of fused-ring (bicyclic) bond motifs is 2. The van der Waals surface area contributed by atoms with Crippen LogP contribution < -0.4 is 4.90 Å². The van der Waals surface area contributed by atoms with Crippen molar-refractivity contribution in [2.24, 2.45) is 0 Å². The third-order valence-corrected chi connectivity index (χ3v) is 7.52. The molecular formula is C31H22IN. The van der Waals surface area contributed by atoms with Gasteiger partial charge in [-0.3, -0.25) is 0 Å². The van der Waals surface area contributed by atoms with E-state index in [0.717, 1.165) is 0 Å². The zero-order valence-electron chi connectivity index (χ0n) is 18.0. The molecule has 0 N–H and O–H groups in total. The molecule has 0 atom stereocenters. The van der Waals surface area contributed by atoms with Gasteiger partial charge >= 0.3 is 0 Å². The molecule has 0 aromatic heterocycles. The summed E-state index contributed by atoms with van der Waals surface area (Å²) in [5.41, 5.74) is 8.36. The quantitative estimate of drug-likeness (QED) is 0.206. The van der Waals surface area contributed by atoms with Crippen molar-refractivity contribution >= 4 is 39.7 Å². The maximum absolute atomic E-state index is 2.45. The molecule has 158 valence electrons. The fourth-order valence-corrected chi connectivity index (χ4v) is 5.93. The highest BCUT2D eigenvalue weighted by molar-refractivity contribution is 14.1. The Balaban J connectivity index is 1.79. The van der Waals surface area contributed by atoms with Crippen molar-refractivity contribution in [1.29, 1.82) is 0 Å². The molecule has 1 aliphatic rings. The molecular weight excluding hydrogens is 513 g/mol. The lowest BCUT2D eigenvalue weighted by Crippen LogP contribution is -2.37. The van der Waals surface area contributed by atoms with Gasteiger partial charge in [0.25, 0.3) is 0 Å². The maximum atomic E-state index is 2.45. The van der Waals surface area contributed by atoms with Crippen LogP contribution in [0.25, 0.3) is 0 Å². The van der Waals surface area contributed by atoms with Crippen molar-refractivity contribution in [2.75, 3.05) is 4.90 Å². The highest BCUT2D eigenvalue weighted by Gasteiger charge is 2.46. The van der Waals surface area contributed by atoms with Gasteiger partial charge in [-0.15, -0.1) is 0 Å². The number of para-hydroxylation sites is 3. The molecule has 33 heavy (non-hydrogen) atoms. The highest BCUT2D eigenvalue weighted by atomic mass is 127. The Labute approximate surface area is 208 Å². The lowest BCUT2D eigenvalue weighted by molar-refractivity contribution is 0.731. The van der Waals surface area contributed by atoms with E-state index >= 15 is 0 Å². The number of hydrogen-bond acceptors (Lipinski definition) is 1. The van der Waals surface area contributed by atoms with Gasteiger partial charge in [-0.2, -0.15) is 0 Å². The Bertz CT molecular complexity index is 1340. The molecule has 1 aliphatic heterocycles. The Morgan fingerprint density at radius 3 is 1.30 bits per heavy atom. The first kappa shape index (κ1) is 20.3. The molecule has 0 amide bonds. The zero-order valence-corrected chi connectivity index (χ0v) is 20.2. The van der Waals surface area contributed by atoms with E-state index in [1.165, 1.54) is 42.9 Å². The molecule has 1 nitrogen and oxygen atoms in total. The molecule has 0 bridgehead atoms. The summed E-state index contributed by atoms with van der Waals surface area (Å²) in [5.74, 6) is 0. The van der Waals surface area contributed by atoms with Crippen LogP contribution in [0.15, 0.2) is 133 Å². The van der Waals surface area contributed by atoms with Crippen LogP contribution in [0.1, 0.15) is 22.3 Å². The van der Waals surface area contributed by atoms with E-state index in [9.17, 15) is 0 Å². The largest absolute Gasteiger partial charge is 0.309 e. The predicted molar refractivity (Wildman–Crippen MR) is 146 cm³/mol. The number of rotatable bonds is 3. The molecule has 0 saturated heterocycles. The predicted octanol–water partition coefficient (Wildman–Crippen LogP) is 8.46. The van der Waals surface area contributed by atoms with Gasteiger partial charge in [-0.25, -0.2) is 0 Å². The minimum atomic E-state index is -0.410. The van der Waals surface area contributed by atoms with E-state index < -0.39 is 5.41 Å². The topological polar surface area (TPSA) is 3.24 Å². The second-order valence-corrected chi connectivity index (χ2v) is 9.47. The molecule has 0 saturated carbocycles. The Morgan fingerprint density at radius 1 is 0.424 bits per heavy atom. The monoisotopic (exact) mass is 535 g/mol. The highest BCUT2D eigenvalue weighted by Crippen LogP contribution is 2.57. The van der Waals surface area contributed by atoms with Crippen molar-refractivity contribution in [2.45, 2.75) is 5.41 Å². The minimum absolute atomic E-state index is 0.410. The van der Waals surface area contributed by atoms with E-state index in [-0.39, 0.29) is 0 Å². The number of anilines is 3. The van der Waals surface area contributed by atoms with Gasteiger partial charge in [0.2, 0.25) is 0 Å². The molecule has 0 fully saturated rings. The Kier molecular flexibility index (Phi) is 5.03. The van der Waals surface area contributed by atoms with Crippen molar-refractivity contribution in [3.8, 4) is 0 Å².